The molecule has 0 fully saturated rings. The average molecular weight is 419 g/mol. The first-order valence-electron chi connectivity index (χ1n) is 8.16. The zero-order valence-electron chi connectivity index (χ0n) is 15.1. The number of furan rings is 1. The van der Waals surface area contributed by atoms with Gasteiger partial charge in [0.05, 0.1) is 10.4 Å². The number of benzene rings is 1. The number of ether oxygens (including phenoxy) is 1. The Morgan fingerprint density at radius 3 is 2.39 bits per heavy atom. The highest BCUT2D eigenvalue weighted by atomic mass is 32.2. The monoisotopic (exact) mass is 419 g/mol. The Bertz CT molecular complexity index is 1100. The zero-order valence-corrected chi connectivity index (χ0v) is 16.7. The summed E-state index contributed by atoms with van der Waals surface area (Å²) >= 11 is 1.29. The van der Waals surface area contributed by atoms with Gasteiger partial charge in [-0.2, -0.15) is 0 Å². The number of sulfonamides is 1. The third-order valence-corrected chi connectivity index (χ3v) is 6.41. The summed E-state index contributed by atoms with van der Waals surface area (Å²) in [5, 5.41) is 1.54. The maximum absolute atomic E-state index is 12.6. The highest BCUT2D eigenvalue weighted by Gasteiger charge is 2.23. The van der Waals surface area contributed by atoms with E-state index in [0.29, 0.717) is 4.88 Å². The SMILES string of the molecule is CN(C)S(=O)(=O)c1ccc(COC(=O)c2ccccc2C(=O)c2cccs2)o1. The molecule has 0 saturated heterocycles. The number of hydrogen-bond acceptors (Lipinski definition) is 7. The van der Waals surface area contributed by atoms with Gasteiger partial charge in [0.1, 0.15) is 12.4 Å². The van der Waals surface area contributed by atoms with Crippen LogP contribution in [0.5, 0.6) is 0 Å². The van der Waals surface area contributed by atoms with Gasteiger partial charge in [-0.3, -0.25) is 4.79 Å². The molecule has 0 aliphatic rings. The van der Waals surface area contributed by atoms with E-state index < -0.39 is 16.0 Å². The van der Waals surface area contributed by atoms with Crippen LogP contribution in [0, 0.1) is 0 Å². The summed E-state index contributed by atoms with van der Waals surface area (Å²) in [7, 11) is -0.931. The Labute approximate surface area is 166 Å². The number of nitrogens with zero attached hydrogens (tertiary/aromatic N) is 1. The molecule has 0 spiro atoms. The summed E-state index contributed by atoms with van der Waals surface area (Å²) in [6.07, 6.45) is 0. The van der Waals surface area contributed by atoms with Crippen molar-refractivity contribution in [3.63, 3.8) is 0 Å². The van der Waals surface area contributed by atoms with Gasteiger partial charge in [-0.05, 0) is 29.6 Å². The second-order valence-electron chi connectivity index (χ2n) is 5.94. The molecule has 0 N–H and O–H groups in total. The summed E-state index contributed by atoms with van der Waals surface area (Å²) in [4.78, 5) is 25.6. The van der Waals surface area contributed by atoms with E-state index in [9.17, 15) is 18.0 Å². The third-order valence-electron chi connectivity index (χ3n) is 3.85. The van der Waals surface area contributed by atoms with Gasteiger partial charge in [-0.15, -0.1) is 11.3 Å². The van der Waals surface area contributed by atoms with Crippen LogP contribution < -0.4 is 0 Å². The Balaban J connectivity index is 1.75. The van der Waals surface area contributed by atoms with Crippen LogP contribution in [0.1, 0.15) is 31.4 Å². The van der Waals surface area contributed by atoms with Crippen molar-refractivity contribution in [1.29, 1.82) is 0 Å². The lowest BCUT2D eigenvalue weighted by Crippen LogP contribution is -2.21. The van der Waals surface area contributed by atoms with Crippen molar-refractivity contribution in [1.82, 2.24) is 4.31 Å². The molecule has 0 unspecified atom stereocenters. The van der Waals surface area contributed by atoms with Crippen molar-refractivity contribution >= 4 is 33.1 Å². The van der Waals surface area contributed by atoms with Gasteiger partial charge in [-0.25, -0.2) is 17.5 Å². The molecule has 7 nitrogen and oxygen atoms in total. The number of esters is 1. The molecule has 0 bridgehead atoms. The molecule has 0 atom stereocenters. The predicted octanol–water partition coefficient (Wildman–Crippen LogP) is 3.18. The van der Waals surface area contributed by atoms with E-state index in [2.05, 4.69) is 0 Å². The number of carbonyl (C=O) groups excluding carboxylic acids is 2. The quantitative estimate of drug-likeness (QED) is 0.431. The summed E-state index contributed by atoms with van der Waals surface area (Å²) in [6.45, 7) is -0.261. The van der Waals surface area contributed by atoms with Gasteiger partial charge in [0.15, 0.2) is 0 Å². The lowest BCUT2D eigenvalue weighted by molar-refractivity contribution is 0.0438. The maximum Gasteiger partial charge on any atom is 0.339 e. The molecule has 0 radical (unpaired) electrons. The van der Waals surface area contributed by atoms with Gasteiger partial charge in [0.2, 0.25) is 10.9 Å². The number of thiophene rings is 1. The molecule has 2 heterocycles. The fourth-order valence-corrected chi connectivity index (χ4v) is 3.86. The molecule has 2 aromatic heterocycles. The van der Waals surface area contributed by atoms with E-state index in [-0.39, 0.29) is 34.4 Å². The Morgan fingerprint density at radius 1 is 1.04 bits per heavy atom. The largest absolute Gasteiger partial charge is 0.454 e. The van der Waals surface area contributed by atoms with E-state index in [1.807, 2.05) is 0 Å². The summed E-state index contributed by atoms with van der Waals surface area (Å²) in [6, 6.07) is 12.5. The van der Waals surface area contributed by atoms with Gasteiger partial charge in [0.25, 0.3) is 10.0 Å². The van der Waals surface area contributed by atoms with Crippen LogP contribution in [-0.4, -0.2) is 38.6 Å². The van der Waals surface area contributed by atoms with Crippen LogP contribution in [-0.2, 0) is 21.4 Å². The third kappa shape index (κ3) is 4.06. The van der Waals surface area contributed by atoms with Crippen molar-refractivity contribution in [2.75, 3.05) is 14.1 Å². The molecule has 0 aliphatic heterocycles. The summed E-state index contributed by atoms with van der Waals surface area (Å²) < 4.78 is 35.6. The molecule has 1 aromatic carbocycles. The molecule has 146 valence electrons. The van der Waals surface area contributed by atoms with E-state index in [1.165, 1.54) is 43.6 Å². The van der Waals surface area contributed by atoms with Gasteiger partial charge in [0, 0.05) is 19.7 Å². The highest BCUT2D eigenvalue weighted by Crippen LogP contribution is 2.21. The predicted molar refractivity (Wildman–Crippen MR) is 103 cm³/mol. The van der Waals surface area contributed by atoms with Crippen molar-refractivity contribution in [2.45, 2.75) is 11.7 Å². The van der Waals surface area contributed by atoms with Crippen LogP contribution in [0.15, 0.2) is 63.4 Å². The molecular formula is C19H17NO6S2. The summed E-state index contributed by atoms with van der Waals surface area (Å²) in [5.41, 5.74) is 0.374. The van der Waals surface area contributed by atoms with Gasteiger partial charge in [-0.1, -0.05) is 24.3 Å². The first kappa shape index (κ1) is 20.0. The highest BCUT2D eigenvalue weighted by molar-refractivity contribution is 7.88. The van der Waals surface area contributed by atoms with Crippen molar-refractivity contribution in [3.05, 3.63) is 75.7 Å². The standard InChI is InChI=1S/C19H17NO6S2/c1-20(2)28(23,24)17-10-9-13(26-17)12-25-19(22)15-7-4-3-6-14(15)18(21)16-8-5-11-27-16/h3-11H,12H2,1-2H3. The molecule has 0 amide bonds. The molecule has 28 heavy (non-hydrogen) atoms. The molecule has 3 rings (SSSR count). The second kappa shape index (κ2) is 8.09. The van der Waals surface area contributed by atoms with Crippen LogP contribution in [0.3, 0.4) is 0 Å². The lowest BCUT2D eigenvalue weighted by atomic mass is 10.0. The molecule has 0 aliphatic carbocycles. The minimum absolute atomic E-state index is 0.133. The Morgan fingerprint density at radius 2 is 1.75 bits per heavy atom. The molecular weight excluding hydrogens is 402 g/mol. The normalized spacial score (nSPS) is 11.5. The van der Waals surface area contributed by atoms with E-state index in [1.54, 1.807) is 35.7 Å². The number of ketones is 1. The molecule has 9 heteroatoms. The minimum atomic E-state index is -3.71. The Hall–Kier alpha value is -2.75. The minimum Gasteiger partial charge on any atom is -0.454 e. The van der Waals surface area contributed by atoms with Gasteiger partial charge >= 0.3 is 5.97 Å². The Kier molecular flexibility index (Phi) is 5.78. The maximum atomic E-state index is 12.6. The fourth-order valence-electron chi connectivity index (χ4n) is 2.37. The first-order valence-corrected chi connectivity index (χ1v) is 10.5. The summed E-state index contributed by atoms with van der Waals surface area (Å²) in [5.74, 6) is -0.787. The number of carbonyl (C=O) groups is 2. The zero-order chi connectivity index (χ0) is 20.3. The van der Waals surface area contributed by atoms with Crippen LogP contribution >= 0.6 is 11.3 Å². The smallest absolute Gasteiger partial charge is 0.339 e. The second-order valence-corrected chi connectivity index (χ2v) is 8.97. The van der Waals surface area contributed by atoms with Crippen LogP contribution in [0.25, 0.3) is 0 Å². The first-order chi connectivity index (χ1) is 13.3. The van der Waals surface area contributed by atoms with Crippen molar-refractivity contribution < 1.29 is 27.2 Å². The van der Waals surface area contributed by atoms with E-state index in [0.717, 1.165) is 4.31 Å². The topological polar surface area (TPSA) is 93.9 Å². The fraction of sp³-hybridized carbons (Fsp3) is 0.158. The number of hydrogen-bond donors (Lipinski definition) is 0. The molecule has 0 saturated carbocycles. The van der Waals surface area contributed by atoms with E-state index in [4.69, 9.17) is 9.15 Å². The van der Waals surface area contributed by atoms with Crippen molar-refractivity contribution in [3.8, 4) is 0 Å². The average Bonchev–Trinajstić information content (AvgIpc) is 3.37. The van der Waals surface area contributed by atoms with Crippen LogP contribution in [0.4, 0.5) is 0 Å². The van der Waals surface area contributed by atoms with Crippen LogP contribution in [0.2, 0.25) is 0 Å². The van der Waals surface area contributed by atoms with Crippen molar-refractivity contribution in [2.24, 2.45) is 0 Å². The van der Waals surface area contributed by atoms with Gasteiger partial charge < -0.3 is 9.15 Å². The molecule has 3 aromatic rings. The van der Waals surface area contributed by atoms with E-state index >= 15 is 0 Å². The lowest BCUT2D eigenvalue weighted by Gasteiger charge is -2.09. The number of rotatable bonds is 7.